The molecule has 3 aromatic rings. The van der Waals surface area contributed by atoms with Crippen molar-refractivity contribution < 1.29 is 19.0 Å². The number of ether oxygens (including phenoxy) is 3. The lowest BCUT2D eigenvalue weighted by Crippen LogP contribution is -2.05. The van der Waals surface area contributed by atoms with Crippen molar-refractivity contribution in [3.63, 3.8) is 0 Å². The molecule has 0 saturated carbocycles. The molecule has 0 atom stereocenters. The van der Waals surface area contributed by atoms with Gasteiger partial charge in [0.2, 0.25) is 5.90 Å². The van der Waals surface area contributed by atoms with Crippen molar-refractivity contribution in [2.24, 2.45) is 4.99 Å². The van der Waals surface area contributed by atoms with Crippen molar-refractivity contribution in [2.75, 3.05) is 6.61 Å². The molecule has 0 fully saturated rings. The summed E-state index contributed by atoms with van der Waals surface area (Å²) < 4.78 is 18.7. The third-order valence-corrected chi connectivity index (χ3v) is 6.19. The highest BCUT2D eigenvalue weighted by atomic mass is 79.9. The predicted octanol–water partition coefficient (Wildman–Crippen LogP) is 7.19. The van der Waals surface area contributed by atoms with Crippen LogP contribution in [0.3, 0.4) is 0 Å². The van der Waals surface area contributed by atoms with Crippen LogP contribution in [0.15, 0.2) is 80.3 Å². The Kier molecular flexibility index (Phi) is 7.53. The minimum Gasteiger partial charge on any atom is -0.490 e. The van der Waals surface area contributed by atoms with Crippen molar-refractivity contribution in [1.29, 1.82) is 0 Å². The van der Waals surface area contributed by atoms with E-state index in [2.05, 4.69) is 36.9 Å². The molecule has 5 nitrogen and oxygen atoms in total. The number of hydrogen-bond acceptors (Lipinski definition) is 5. The summed E-state index contributed by atoms with van der Waals surface area (Å²) in [4.78, 5) is 16.8. The van der Waals surface area contributed by atoms with Crippen LogP contribution in [0.2, 0.25) is 5.02 Å². The van der Waals surface area contributed by atoms with Crippen LogP contribution in [-0.4, -0.2) is 18.5 Å². The lowest BCUT2D eigenvalue weighted by atomic mass is 10.1. The monoisotopic (exact) mass is 589 g/mol. The van der Waals surface area contributed by atoms with E-state index in [9.17, 15) is 4.79 Å². The van der Waals surface area contributed by atoms with Crippen LogP contribution in [0.4, 0.5) is 0 Å². The average molecular weight is 592 g/mol. The molecule has 0 aromatic heterocycles. The SMILES string of the molecule is CCOc1cc(/C=C2\N=C(c3ccccc3Br)OC2=O)cc(Br)c1OCc1ccc(Cl)cc1. The first-order chi connectivity index (χ1) is 15.9. The molecular formula is C25H18Br2ClNO4. The molecule has 0 saturated heterocycles. The van der Waals surface area contributed by atoms with E-state index in [4.69, 9.17) is 25.8 Å². The number of esters is 1. The van der Waals surface area contributed by atoms with Crippen LogP contribution in [0.5, 0.6) is 11.5 Å². The first-order valence-electron chi connectivity index (χ1n) is 10.1. The van der Waals surface area contributed by atoms with Gasteiger partial charge in [-0.05, 0) is 92.4 Å². The van der Waals surface area contributed by atoms with Gasteiger partial charge in [-0.25, -0.2) is 9.79 Å². The van der Waals surface area contributed by atoms with E-state index in [-0.39, 0.29) is 11.6 Å². The molecular weight excluding hydrogens is 574 g/mol. The van der Waals surface area contributed by atoms with Gasteiger partial charge < -0.3 is 14.2 Å². The molecule has 0 N–H and O–H groups in total. The Morgan fingerprint density at radius 1 is 1.03 bits per heavy atom. The van der Waals surface area contributed by atoms with Gasteiger partial charge in [0.1, 0.15) is 6.61 Å². The van der Waals surface area contributed by atoms with Gasteiger partial charge in [-0.15, -0.1) is 0 Å². The van der Waals surface area contributed by atoms with Crippen LogP contribution in [0.1, 0.15) is 23.6 Å². The number of cyclic esters (lactones) is 1. The molecule has 0 bridgehead atoms. The molecule has 1 aliphatic heterocycles. The zero-order chi connectivity index (χ0) is 23.4. The van der Waals surface area contributed by atoms with Crippen LogP contribution in [0.25, 0.3) is 6.08 Å². The summed E-state index contributed by atoms with van der Waals surface area (Å²) in [7, 11) is 0. The van der Waals surface area contributed by atoms with E-state index in [1.54, 1.807) is 12.1 Å². The summed E-state index contributed by atoms with van der Waals surface area (Å²) in [6.07, 6.45) is 1.66. The molecule has 3 aromatic carbocycles. The lowest BCUT2D eigenvalue weighted by molar-refractivity contribution is -0.129. The normalized spacial score (nSPS) is 14.2. The second kappa shape index (κ2) is 10.5. The van der Waals surface area contributed by atoms with Crippen molar-refractivity contribution in [3.05, 3.63) is 97.0 Å². The maximum atomic E-state index is 12.4. The Bertz CT molecular complexity index is 1260. The van der Waals surface area contributed by atoms with Crippen molar-refractivity contribution >= 4 is 61.4 Å². The second-order valence-electron chi connectivity index (χ2n) is 6.99. The van der Waals surface area contributed by atoms with Crippen LogP contribution >= 0.6 is 43.5 Å². The van der Waals surface area contributed by atoms with E-state index >= 15 is 0 Å². The number of carbonyl (C=O) groups excluding carboxylic acids is 1. The van der Waals surface area contributed by atoms with Crippen LogP contribution in [0, 0.1) is 0 Å². The highest BCUT2D eigenvalue weighted by molar-refractivity contribution is 9.10. The lowest BCUT2D eigenvalue weighted by Gasteiger charge is -2.15. The van der Waals surface area contributed by atoms with E-state index < -0.39 is 5.97 Å². The van der Waals surface area contributed by atoms with Gasteiger partial charge in [0.05, 0.1) is 16.6 Å². The summed E-state index contributed by atoms with van der Waals surface area (Å²) in [5.41, 5.74) is 2.59. The summed E-state index contributed by atoms with van der Waals surface area (Å²) in [5.74, 6) is 0.859. The van der Waals surface area contributed by atoms with E-state index in [0.717, 1.165) is 10.0 Å². The molecule has 0 unspecified atom stereocenters. The molecule has 8 heteroatoms. The zero-order valence-corrected chi connectivity index (χ0v) is 21.4. The second-order valence-corrected chi connectivity index (χ2v) is 9.14. The molecule has 0 spiro atoms. The van der Waals surface area contributed by atoms with Crippen LogP contribution < -0.4 is 9.47 Å². The Balaban J connectivity index is 1.61. The molecule has 1 heterocycles. The molecule has 0 amide bonds. The fourth-order valence-electron chi connectivity index (χ4n) is 3.13. The Labute approximate surface area is 213 Å². The predicted molar refractivity (Wildman–Crippen MR) is 136 cm³/mol. The summed E-state index contributed by atoms with van der Waals surface area (Å²) in [6.45, 7) is 2.70. The topological polar surface area (TPSA) is 57.1 Å². The number of nitrogens with zero attached hydrogens (tertiary/aromatic N) is 1. The number of aliphatic imine (C=N–C) groups is 1. The van der Waals surface area contributed by atoms with Gasteiger partial charge in [0.15, 0.2) is 17.2 Å². The van der Waals surface area contributed by atoms with Crippen molar-refractivity contribution in [3.8, 4) is 11.5 Å². The Morgan fingerprint density at radius 2 is 1.79 bits per heavy atom. The number of carbonyl (C=O) groups is 1. The van der Waals surface area contributed by atoms with Crippen LogP contribution in [-0.2, 0) is 16.1 Å². The number of hydrogen-bond donors (Lipinski definition) is 0. The van der Waals surface area contributed by atoms with Gasteiger partial charge >= 0.3 is 5.97 Å². The third kappa shape index (κ3) is 5.66. The molecule has 168 valence electrons. The average Bonchev–Trinajstić information content (AvgIpc) is 3.15. The van der Waals surface area contributed by atoms with Crippen molar-refractivity contribution in [1.82, 2.24) is 0 Å². The summed E-state index contributed by atoms with van der Waals surface area (Å²) >= 11 is 13.0. The minimum atomic E-state index is -0.516. The Hall–Kier alpha value is -2.61. The van der Waals surface area contributed by atoms with E-state index in [0.29, 0.717) is 45.3 Å². The highest BCUT2D eigenvalue weighted by Gasteiger charge is 2.25. The van der Waals surface area contributed by atoms with E-state index in [1.165, 1.54) is 0 Å². The third-order valence-electron chi connectivity index (χ3n) is 4.66. The largest absolute Gasteiger partial charge is 0.490 e. The smallest absolute Gasteiger partial charge is 0.363 e. The van der Waals surface area contributed by atoms with Gasteiger partial charge in [-0.1, -0.05) is 35.9 Å². The minimum absolute atomic E-state index is 0.199. The van der Waals surface area contributed by atoms with Crippen molar-refractivity contribution in [2.45, 2.75) is 13.5 Å². The number of halogens is 3. The fraction of sp³-hybridized carbons (Fsp3) is 0.120. The standard InChI is InChI=1S/C25H18Br2ClNO4/c1-2-31-22-13-16(11-20(27)23(22)32-14-15-7-9-17(28)10-8-15)12-21-25(30)33-24(29-21)18-5-3-4-6-19(18)26/h3-13H,2,14H2,1H3/b21-12-. The van der Waals surface area contributed by atoms with E-state index in [1.807, 2.05) is 61.5 Å². The highest BCUT2D eigenvalue weighted by Crippen LogP contribution is 2.38. The number of rotatable bonds is 7. The molecule has 33 heavy (non-hydrogen) atoms. The van der Waals surface area contributed by atoms with Gasteiger partial charge in [-0.2, -0.15) is 0 Å². The fourth-order valence-corrected chi connectivity index (χ4v) is 4.28. The maximum Gasteiger partial charge on any atom is 0.363 e. The molecule has 0 aliphatic carbocycles. The summed E-state index contributed by atoms with van der Waals surface area (Å²) in [5, 5.41) is 0.670. The number of benzene rings is 3. The van der Waals surface area contributed by atoms with Gasteiger partial charge in [0.25, 0.3) is 0 Å². The zero-order valence-electron chi connectivity index (χ0n) is 17.5. The molecule has 0 radical (unpaired) electrons. The summed E-state index contributed by atoms with van der Waals surface area (Å²) in [6, 6.07) is 18.5. The first kappa shape index (κ1) is 23.5. The first-order valence-corrected chi connectivity index (χ1v) is 12.0. The maximum absolute atomic E-state index is 12.4. The Morgan fingerprint density at radius 3 is 2.52 bits per heavy atom. The molecule has 4 rings (SSSR count). The van der Waals surface area contributed by atoms with Gasteiger partial charge in [0, 0.05) is 9.50 Å². The van der Waals surface area contributed by atoms with Gasteiger partial charge in [-0.3, -0.25) is 0 Å². The molecule has 1 aliphatic rings. The quantitative estimate of drug-likeness (QED) is 0.216.